The molecule has 0 radical (unpaired) electrons. The molecule has 1 heterocycles. The Balaban J connectivity index is 0.00000110. The first-order valence-corrected chi connectivity index (χ1v) is 7.63. The van der Waals surface area contributed by atoms with Crippen LogP contribution in [0.3, 0.4) is 0 Å². The molecule has 0 spiro atoms. The van der Waals surface area contributed by atoms with Crippen LogP contribution >= 0.6 is 0 Å². The molecular weight excluding hydrogens is 256 g/mol. The summed E-state index contributed by atoms with van der Waals surface area (Å²) in [4.78, 5) is 0. The molecule has 3 heteroatoms. The first-order chi connectivity index (χ1) is 8.79. The number of hydrogen-bond donors (Lipinski definition) is 1. The lowest BCUT2D eigenvalue weighted by Gasteiger charge is -2.54. The highest BCUT2D eigenvalue weighted by atomic mass is 35.5. The molecule has 4 bridgehead atoms. The van der Waals surface area contributed by atoms with E-state index in [0.717, 1.165) is 36.3 Å². The van der Waals surface area contributed by atoms with Crippen LogP contribution in [-0.4, -0.2) is 10.6 Å². The van der Waals surface area contributed by atoms with Crippen LogP contribution < -0.4 is 17.7 Å². The van der Waals surface area contributed by atoms with E-state index in [1.165, 1.54) is 31.4 Å². The standard InChI is InChI=1S/C16H24N2.ClH/c1-18-4-2-3-15(18)10-17-16-13-6-11-5-12(8-13)9-14(16)7-11;/h2-4,11-14,16-17H,5-10H2,1H3;1H/p-1. The Morgan fingerprint density at radius 1 is 1.11 bits per heavy atom. The van der Waals surface area contributed by atoms with Crippen LogP contribution in [0.15, 0.2) is 18.3 Å². The SMILES string of the molecule is Cn1cccc1CNC1C2CC3CC(C2)CC1C3.[Cl-]. The molecule has 19 heavy (non-hydrogen) atoms. The summed E-state index contributed by atoms with van der Waals surface area (Å²) in [6, 6.07) is 5.20. The number of aromatic nitrogens is 1. The minimum absolute atomic E-state index is 0. The molecule has 0 saturated heterocycles. The van der Waals surface area contributed by atoms with E-state index in [-0.39, 0.29) is 12.4 Å². The predicted molar refractivity (Wildman–Crippen MR) is 73.1 cm³/mol. The molecule has 0 unspecified atom stereocenters. The average molecular weight is 280 g/mol. The van der Waals surface area contributed by atoms with Crippen LogP contribution in [0.1, 0.15) is 37.8 Å². The second-order valence-corrected chi connectivity index (χ2v) is 6.95. The lowest BCUT2D eigenvalue weighted by Crippen LogP contribution is -3.00. The normalized spacial score (nSPS) is 39.3. The van der Waals surface area contributed by atoms with E-state index in [4.69, 9.17) is 0 Å². The van der Waals surface area contributed by atoms with Crippen LogP contribution in [0.2, 0.25) is 0 Å². The van der Waals surface area contributed by atoms with Crippen molar-refractivity contribution < 1.29 is 12.4 Å². The van der Waals surface area contributed by atoms with Crippen molar-refractivity contribution in [2.75, 3.05) is 0 Å². The third-order valence-corrected chi connectivity index (χ3v) is 5.80. The van der Waals surface area contributed by atoms with Gasteiger partial charge in [-0.2, -0.15) is 0 Å². The summed E-state index contributed by atoms with van der Waals surface area (Å²) in [5.74, 6) is 4.14. The first kappa shape index (κ1) is 13.5. The second-order valence-electron chi connectivity index (χ2n) is 6.95. The van der Waals surface area contributed by atoms with Crippen LogP contribution in [0, 0.1) is 23.7 Å². The number of halogens is 1. The summed E-state index contributed by atoms with van der Waals surface area (Å²) >= 11 is 0. The summed E-state index contributed by atoms with van der Waals surface area (Å²) in [5, 5.41) is 3.89. The molecule has 0 aromatic carbocycles. The van der Waals surface area contributed by atoms with Gasteiger partial charge in [0.1, 0.15) is 0 Å². The van der Waals surface area contributed by atoms with Crippen molar-refractivity contribution in [3.8, 4) is 0 Å². The molecule has 1 aromatic rings. The number of nitrogens with zero attached hydrogens (tertiary/aromatic N) is 1. The number of nitrogens with one attached hydrogen (secondary N) is 1. The smallest absolute Gasteiger partial charge is 0.0361 e. The van der Waals surface area contributed by atoms with E-state index in [2.05, 4.69) is 35.3 Å². The highest BCUT2D eigenvalue weighted by Crippen LogP contribution is 2.53. The van der Waals surface area contributed by atoms with E-state index >= 15 is 0 Å². The zero-order valence-electron chi connectivity index (χ0n) is 11.7. The zero-order chi connectivity index (χ0) is 12.1. The fraction of sp³-hybridized carbons (Fsp3) is 0.750. The Labute approximate surface area is 122 Å². The monoisotopic (exact) mass is 279 g/mol. The molecule has 1 N–H and O–H groups in total. The van der Waals surface area contributed by atoms with E-state index < -0.39 is 0 Å². The van der Waals surface area contributed by atoms with Gasteiger partial charge in [0.05, 0.1) is 0 Å². The van der Waals surface area contributed by atoms with Crippen molar-refractivity contribution in [1.29, 1.82) is 0 Å². The van der Waals surface area contributed by atoms with Gasteiger partial charge in [0.15, 0.2) is 0 Å². The quantitative estimate of drug-likeness (QED) is 0.821. The van der Waals surface area contributed by atoms with Gasteiger partial charge >= 0.3 is 0 Å². The third kappa shape index (κ3) is 2.34. The molecule has 0 amide bonds. The van der Waals surface area contributed by atoms with Gasteiger partial charge in [-0.15, -0.1) is 0 Å². The van der Waals surface area contributed by atoms with Gasteiger partial charge < -0.3 is 22.3 Å². The van der Waals surface area contributed by atoms with Crippen LogP contribution in [0.25, 0.3) is 0 Å². The Morgan fingerprint density at radius 3 is 2.26 bits per heavy atom. The topological polar surface area (TPSA) is 17.0 Å². The van der Waals surface area contributed by atoms with E-state index in [1.54, 1.807) is 6.42 Å². The predicted octanol–water partition coefficient (Wildman–Crippen LogP) is -0.0566. The molecule has 1 aromatic heterocycles. The molecule has 4 fully saturated rings. The van der Waals surface area contributed by atoms with Gasteiger partial charge in [0.2, 0.25) is 0 Å². The summed E-state index contributed by atoms with van der Waals surface area (Å²) in [5.41, 5.74) is 1.42. The highest BCUT2D eigenvalue weighted by molar-refractivity contribution is 5.08. The van der Waals surface area contributed by atoms with Crippen molar-refractivity contribution in [2.24, 2.45) is 30.7 Å². The lowest BCUT2D eigenvalue weighted by molar-refractivity contribution is -0.0144. The maximum atomic E-state index is 3.89. The Kier molecular flexibility index (Phi) is 3.65. The van der Waals surface area contributed by atoms with Gasteiger partial charge in [0.25, 0.3) is 0 Å². The van der Waals surface area contributed by atoms with Crippen LogP contribution in [0.4, 0.5) is 0 Å². The molecule has 2 nitrogen and oxygen atoms in total. The van der Waals surface area contributed by atoms with Gasteiger partial charge in [-0.25, -0.2) is 0 Å². The molecule has 5 rings (SSSR count). The Hall–Kier alpha value is -0.470. The number of rotatable bonds is 3. The van der Waals surface area contributed by atoms with Crippen LogP contribution in [0.5, 0.6) is 0 Å². The van der Waals surface area contributed by atoms with E-state index in [0.29, 0.717) is 0 Å². The number of hydrogen-bond acceptors (Lipinski definition) is 1. The average Bonchev–Trinajstić information content (AvgIpc) is 2.73. The third-order valence-electron chi connectivity index (χ3n) is 5.80. The summed E-state index contributed by atoms with van der Waals surface area (Å²) in [6.45, 7) is 1.05. The second kappa shape index (κ2) is 5.14. The minimum Gasteiger partial charge on any atom is -1.00 e. The van der Waals surface area contributed by atoms with Crippen molar-refractivity contribution >= 4 is 0 Å². The lowest BCUT2D eigenvalue weighted by atomic mass is 9.54. The number of aryl methyl sites for hydroxylation is 1. The summed E-state index contributed by atoms with van der Waals surface area (Å²) in [6.07, 6.45) is 9.75. The molecule has 4 aliphatic rings. The van der Waals surface area contributed by atoms with Crippen molar-refractivity contribution in [1.82, 2.24) is 9.88 Å². The Bertz CT molecular complexity index is 412. The molecule has 106 valence electrons. The molecule has 4 aliphatic carbocycles. The molecular formula is C16H24ClN2-. The van der Waals surface area contributed by atoms with E-state index in [1.807, 2.05) is 0 Å². The van der Waals surface area contributed by atoms with E-state index in [9.17, 15) is 0 Å². The van der Waals surface area contributed by atoms with Crippen molar-refractivity contribution in [3.05, 3.63) is 24.0 Å². The van der Waals surface area contributed by atoms with Crippen LogP contribution in [-0.2, 0) is 13.6 Å². The molecule has 0 aliphatic heterocycles. The maximum Gasteiger partial charge on any atom is 0.0361 e. The molecule has 4 saturated carbocycles. The van der Waals surface area contributed by atoms with Gasteiger partial charge in [-0.3, -0.25) is 0 Å². The van der Waals surface area contributed by atoms with Gasteiger partial charge in [0, 0.05) is 31.5 Å². The minimum atomic E-state index is 0. The Morgan fingerprint density at radius 2 is 1.74 bits per heavy atom. The largest absolute Gasteiger partial charge is 1.00 e. The summed E-state index contributed by atoms with van der Waals surface area (Å²) < 4.78 is 2.24. The van der Waals surface area contributed by atoms with Crippen molar-refractivity contribution in [2.45, 2.75) is 44.7 Å². The first-order valence-electron chi connectivity index (χ1n) is 7.63. The summed E-state index contributed by atoms with van der Waals surface area (Å²) in [7, 11) is 2.15. The fourth-order valence-corrected chi connectivity index (χ4v) is 5.16. The maximum absolute atomic E-state index is 3.89. The van der Waals surface area contributed by atoms with Crippen molar-refractivity contribution in [3.63, 3.8) is 0 Å². The zero-order valence-corrected chi connectivity index (χ0v) is 12.4. The molecule has 0 atom stereocenters. The highest BCUT2D eigenvalue weighted by Gasteiger charge is 2.47. The van der Waals surface area contributed by atoms with Gasteiger partial charge in [-0.1, -0.05) is 0 Å². The van der Waals surface area contributed by atoms with Gasteiger partial charge in [-0.05, 0) is 67.9 Å². The fourth-order valence-electron chi connectivity index (χ4n) is 5.16.